The maximum atomic E-state index is 11.2. The first kappa shape index (κ1) is 18.7. The first-order valence-corrected chi connectivity index (χ1v) is 10.5. The molecule has 0 spiro atoms. The molecule has 2 aromatic heterocycles. The summed E-state index contributed by atoms with van der Waals surface area (Å²) in [5.74, 6) is -0.171. The summed E-state index contributed by atoms with van der Waals surface area (Å²) < 4.78 is 6.72. The molecule has 0 aliphatic carbocycles. The number of nitrogens with one attached hydrogen (secondary N) is 1. The van der Waals surface area contributed by atoms with Crippen LogP contribution >= 0.6 is 11.3 Å². The van der Waals surface area contributed by atoms with Crippen LogP contribution in [0.25, 0.3) is 20.7 Å². The van der Waals surface area contributed by atoms with E-state index in [1.807, 2.05) is 30.3 Å². The van der Waals surface area contributed by atoms with Crippen molar-refractivity contribution in [2.24, 2.45) is 0 Å². The van der Waals surface area contributed by atoms with Gasteiger partial charge in [-0.3, -0.25) is 0 Å². The summed E-state index contributed by atoms with van der Waals surface area (Å²) in [4.78, 5) is 21.3. The van der Waals surface area contributed by atoms with Gasteiger partial charge in [-0.2, -0.15) is 0 Å². The molecule has 0 saturated carbocycles. The molecule has 4 aromatic rings. The number of benzene rings is 2. The van der Waals surface area contributed by atoms with Gasteiger partial charge in [-0.15, -0.1) is 11.3 Å². The van der Waals surface area contributed by atoms with Crippen LogP contribution in [0.3, 0.4) is 0 Å². The van der Waals surface area contributed by atoms with E-state index in [-0.39, 0.29) is 5.56 Å². The van der Waals surface area contributed by atoms with Crippen LogP contribution in [0, 0.1) is 0 Å². The lowest BCUT2D eigenvalue weighted by Crippen LogP contribution is -2.36. The predicted molar refractivity (Wildman–Crippen MR) is 117 cm³/mol. The summed E-state index contributed by atoms with van der Waals surface area (Å²) in [5, 5.41) is 12.8. The number of ether oxygens (including phenoxy) is 1. The molecule has 7 heteroatoms. The average molecular weight is 417 g/mol. The third-order valence-electron chi connectivity index (χ3n) is 5.43. The summed E-state index contributed by atoms with van der Waals surface area (Å²) >= 11 is 1.65. The number of thiophene rings is 1. The Morgan fingerprint density at radius 2 is 1.90 bits per heavy atom. The highest BCUT2D eigenvalue weighted by Gasteiger charge is 2.37. The Morgan fingerprint density at radius 1 is 1.10 bits per heavy atom. The number of fused-ring (bicyclic) bond motifs is 1. The van der Waals surface area contributed by atoms with Crippen molar-refractivity contribution in [3.05, 3.63) is 78.1 Å². The Morgan fingerprint density at radius 3 is 2.60 bits per heavy atom. The van der Waals surface area contributed by atoms with Crippen LogP contribution < -0.4 is 5.32 Å². The molecule has 1 unspecified atom stereocenters. The third-order valence-corrected chi connectivity index (χ3v) is 6.61. The maximum Gasteiger partial charge on any atom is 0.335 e. The number of carboxylic acids is 1. The van der Waals surface area contributed by atoms with Gasteiger partial charge < -0.3 is 15.2 Å². The highest BCUT2D eigenvalue weighted by Crippen LogP contribution is 2.40. The summed E-state index contributed by atoms with van der Waals surface area (Å²) in [7, 11) is 0. The minimum absolute atomic E-state index is 0.267. The lowest BCUT2D eigenvalue weighted by molar-refractivity contribution is 0.0697. The van der Waals surface area contributed by atoms with Crippen molar-refractivity contribution in [1.29, 1.82) is 0 Å². The first-order valence-electron chi connectivity index (χ1n) is 9.64. The van der Waals surface area contributed by atoms with Crippen molar-refractivity contribution < 1.29 is 14.6 Å². The van der Waals surface area contributed by atoms with Gasteiger partial charge >= 0.3 is 5.97 Å². The number of aromatic carboxylic acids is 1. The van der Waals surface area contributed by atoms with Crippen LogP contribution in [-0.4, -0.2) is 34.3 Å². The number of aromatic nitrogens is 2. The van der Waals surface area contributed by atoms with Crippen LogP contribution in [0.2, 0.25) is 0 Å². The van der Waals surface area contributed by atoms with E-state index in [1.165, 1.54) is 0 Å². The molecule has 0 amide bonds. The van der Waals surface area contributed by atoms with E-state index in [1.54, 1.807) is 29.8 Å². The van der Waals surface area contributed by atoms with Crippen molar-refractivity contribution in [3.8, 4) is 10.4 Å². The molecule has 1 atom stereocenters. The standard InChI is InChI=1S/C23H19N3O3S/c27-22(28)16-6-8-17(9-7-16)23(10-11-29-13-23)26-21-20-18(24-14-25-21)12-19(30-20)15-4-2-1-3-5-15/h1-9,12,14H,10-11,13H2,(H,27,28)(H,24,25,26). The van der Waals surface area contributed by atoms with E-state index in [0.29, 0.717) is 13.2 Å². The molecule has 0 bridgehead atoms. The molecule has 1 saturated heterocycles. The largest absolute Gasteiger partial charge is 0.478 e. The van der Waals surface area contributed by atoms with E-state index < -0.39 is 11.5 Å². The van der Waals surface area contributed by atoms with Crippen molar-refractivity contribution in [3.63, 3.8) is 0 Å². The molecule has 5 rings (SSSR count). The van der Waals surface area contributed by atoms with Crippen molar-refractivity contribution in [2.45, 2.75) is 12.0 Å². The monoisotopic (exact) mass is 417 g/mol. The van der Waals surface area contributed by atoms with Gasteiger partial charge in [0.25, 0.3) is 0 Å². The lowest BCUT2D eigenvalue weighted by Gasteiger charge is -2.30. The van der Waals surface area contributed by atoms with Gasteiger partial charge in [0.05, 0.1) is 27.9 Å². The number of anilines is 1. The summed E-state index contributed by atoms with van der Waals surface area (Å²) in [5.41, 5.74) is 2.83. The van der Waals surface area contributed by atoms with Crippen molar-refractivity contribution in [2.75, 3.05) is 18.5 Å². The molecule has 3 heterocycles. The van der Waals surface area contributed by atoms with E-state index >= 15 is 0 Å². The zero-order valence-corrected chi connectivity index (χ0v) is 16.9. The molecular formula is C23H19N3O3S. The summed E-state index contributed by atoms with van der Waals surface area (Å²) in [6, 6.07) is 19.3. The zero-order chi connectivity index (χ0) is 20.6. The zero-order valence-electron chi connectivity index (χ0n) is 16.0. The third kappa shape index (κ3) is 3.32. The second-order valence-electron chi connectivity index (χ2n) is 7.31. The highest BCUT2D eigenvalue weighted by molar-refractivity contribution is 7.22. The predicted octanol–water partition coefficient (Wildman–Crippen LogP) is 4.78. The fourth-order valence-corrected chi connectivity index (χ4v) is 4.87. The van der Waals surface area contributed by atoms with E-state index in [9.17, 15) is 9.90 Å². The number of nitrogens with zero attached hydrogens (tertiary/aromatic N) is 2. The van der Waals surface area contributed by atoms with Gasteiger partial charge in [-0.25, -0.2) is 14.8 Å². The van der Waals surface area contributed by atoms with Crippen LogP contribution in [-0.2, 0) is 10.3 Å². The molecular weight excluding hydrogens is 398 g/mol. The number of carbonyl (C=O) groups is 1. The van der Waals surface area contributed by atoms with Gasteiger partial charge in [0.1, 0.15) is 12.1 Å². The first-order chi connectivity index (χ1) is 14.6. The molecule has 2 N–H and O–H groups in total. The Hall–Kier alpha value is -3.29. The summed E-state index contributed by atoms with van der Waals surface area (Å²) in [6.07, 6.45) is 2.34. The quantitative estimate of drug-likeness (QED) is 0.486. The molecule has 30 heavy (non-hydrogen) atoms. The van der Waals surface area contributed by atoms with E-state index in [4.69, 9.17) is 4.74 Å². The highest BCUT2D eigenvalue weighted by atomic mass is 32.1. The Kier molecular flexibility index (Phi) is 4.69. The normalized spacial score (nSPS) is 18.5. The second kappa shape index (κ2) is 7.51. The Labute approximate surface area is 177 Å². The van der Waals surface area contributed by atoms with Gasteiger partial charge in [0.2, 0.25) is 0 Å². The lowest BCUT2D eigenvalue weighted by atomic mass is 9.88. The fourth-order valence-electron chi connectivity index (χ4n) is 3.81. The van der Waals surface area contributed by atoms with Gasteiger partial charge in [-0.05, 0) is 29.3 Å². The molecule has 150 valence electrons. The maximum absolute atomic E-state index is 11.2. The number of rotatable bonds is 5. The van der Waals surface area contributed by atoms with Crippen molar-refractivity contribution in [1.82, 2.24) is 9.97 Å². The minimum Gasteiger partial charge on any atom is -0.478 e. The number of carboxylic acid groups (broad SMARTS) is 1. The Bertz CT molecular complexity index is 1200. The van der Waals surface area contributed by atoms with Gasteiger partial charge in [0, 0.05) is 17.9 Å². The van der Waals surface area contributed by atoms with Crippen LogP contribution in [0.1, 0.15) is 22.3 Å². The topological polar surface area (TPSA) is 84.3 Å². The summed E-state index contributed by atoms with van der Waals surface area (Å²) in [6.45, 7) is 1.11. The average Bonchev–Trinajstić information content (AvgIpc) is 3.43. The molecule has 1 fully saturated rings. The van der Waals surface area contributed by atoms with Gasteiger partial charge in [0.15, 0.2) is 0 Å². The van der Waals surface area contributed by atoms with E-state index in [2.05, 4.69) is 33.5 Å². The smallest absolute Gasteiger partial charge is 0.335 e. The second-order valence-corrected chi connectivity index (χ2v) is 8.36. The fraction of sp³-hybridized carbons (Fsp3) is 0.174. The number of hydrogen-bond donors (Lipinski definition) is 2. The van der Waals surface area contributed by atoms with Gasteiger partial charge in [-0.1, -0.05) is 42.5 Å². The molecule has 2 aromatic carbocycles. The van der Waals surface area contributed by atoms with Crippen LogP contribution in [0.5, 0.6) is 0 Å². The SMILES string of the molecule is O=C(O)c1ccc(C2(Nc3ncnc4cc(-c5ccccc5)sc34)CCOC2)cc1. The Balaban J connectivity index is 1.54. The minimum atomic E-state index is -0.934. The van der Waals surface area contributed by atoms with Crippen LogP contribution in [0.4, 0.5) is 5.82 Å². The van der Waals surface area contributed by atoms with E-state index in [0.717, 1.165) is 38.5 Å². The molecule has 6 nitrogen and oxygen atoms in total. The number of hydrogen-bond acceptors (Lipinski definition) is 6. The molecule has 0 radical (unpaired) electrons. The van der Waals surface area contributed by atoms with Crippen LogP contribution in [0.15, 0.2) is 67.0 Å². The molecule has 1 aliphatic heterocycles. The molecule has 1 aliphatic rings. The van der Waals surface area contributed by atoms with Crippen molar-refractivity contribution >= 4 is 33.3 Å².